The summed E-state index contributed by atoms with van der Waals surface area (Å²) in [7, 11) is 3.56. The Morgan fingerprint density at radius 3 is 2.83 bits per heavy atom. The molecule has 0 atom stereocenters. The summed E-state index contributed by atoms with van der Waals surface area (Å²) in [4.78, 5) is 4.08. The minimum Gasteiger partial charge on any atom is -0.271 e. The third-order valence-electron chi connectivity index (χ3n) is 0.519. The third-order valence-corrected chi connectivity index (χ3v) is 2.64. The highest BCUT2D eigenvalue weighted by atomic mass is 33.1. The van der Waals surface area contributed by atoms with Gasteiger partial charge >= 0.3 is 0 Å². The van der Waals surface area contributed by atoms with Crippen LogP contribution in [0.4, 0.5) is 0 Å². The van der Waals surface area contributed by atoms with E-state index in [1.807, 2.05) is 6.92 Å². The summed E-state index contributed by atoms with van der Waals surface area (Å²) in [6.07, 6.45) is 0. The summed E-state index contributed by atoms with van der Waals surface area (Å²) in [5, 5.41) is 1.21. The SMILES string of the molecule is CC1=NCSS1. The largest absolute Gasteiger partial charge is 0.271 e. The molecule has 0 saturated heterocycles. The molecule has 0 spiro atoms. The van der Waals surface area contributed by atoms with Crippen molar-refractivity contribution in [1.29, 1.82) is 0 Å². The molecule has 0 bridgehead atoms. The molecule has 0 unspecified atom stereocenters. The van der Waals surface area contributed by atoms with Crippen molar-refractivity contribution in [3.63, 3.8) is 0 Å². The molecule has 0 aromatic heterocycles. The Hall–Kier alpha value is 0.370. The molecule has 6 heavy (non-hydrogen) atoms. The van der Waals surface area contributed by atoms with E-state index >= 15 is 0 Å². The normalized spacial score (nSPS) is 21.2. The van der Waals surface area contributed by atoms with Gasteiger partial charge in [0.15, 0.2) is 0 Å². The van der Waals surface area contributed by atoms with Crippen LogP contribution in [0.5, 0.6) is 0 Å². The van der Waals surface area contributed by atoms with Gasteiger partial charge in [0.1, 0.15) is 0 Å². The first kappa shape index (κ1) is 4.53. The van der Waals surface area contributed by atoms with Gasteiger partial charge in [-0.15, -0.1) is 0 Å². The Bertz CT molecular complexity index is 78.9. The van der Waals surface area contributed by atoms with Crippen LogP contribution in [-0.4, -0.2) is 10.9 Å². The highest BCUT2D eigenvalue weighted by Gasteiger charge is 1.98. The van der Waals surface area contributed by atoms with E-state index in [0.29, 0.717) is 0 Å². The minimum atomic E-state index is 0.955. The maximum atomic E-state index is 4.08. The molecule has 1 nitrogen and oxygen atoms in total. The van der Waals surface area contributed by atoms with Crippen molar-refractivity contribution >= 4 is 26.6 Å². The van der Waals surface area contributed by atoms with Gasteiger partial charge in [0.05, 0.1) is 10.9 Å². The summed E-state index contributed by atoms with van der Waals surface area (Å²) >= 11 is 0. The highest BCUT2D eigenvalue weighted by molar-refractivity contribution is 8.82. The van der Waals surface area contributed by atoms with Crippen molar-refractivity contribution in [1.82, 2.24) is 0 Å². The van der Waals surface area contributed by atoms with Crippen LogP contribution in [0, 0.1) is 0 Å². The Morgan fingerprint density at radius 1 is 1.83 bits per heavy atom. The standard InChI is InChI=1S/C3H5NS2/c1-3-4-2-5-6-3/h2H2,1H3. The van der Waals surface area contributed by atoms with Gasteiger partial charge in [-0.05, 0) is 17.7 Å². The molecule has 1 aliphatic rings. The summed E-state index contributed by atoms with van der Waals surface area (Å²) < 4.78 is 0. The van der Waals surface area contributed by atoms with E-state index in [0.717, 1.165) is 5.88 Å². The van der Waals surface area contributed by atoms with Gasteiger partial charge in [0.25, 0.3) is 0 Å². The lowest BCUT2D eigenvalue weighted by atomic mass is 10.9. The van der Waals surface area contributed by atoms with E-state index < -0.39 is 0 Å². The number of nitrogens with zero attached hydrogens (tertiary/aromatic N) is 1. The van der Waals surface area contributed by atoms with Crippen molar-refractivity contribution in [2.45, 2.75) is 6.92 Å². The number of hydrogen-bond acceptors (Lipinski definition) is 3. The summed E-state index contributed by atoms with van der Waals surface area (Å²) in [5.74, 6) is 0.955. The molecular weight excluding hydrogens is 114 g/mol. The molecule has 0 radical (unpaired) electrons. The Kier molecular flexibility index (Phi) is 1.42. The molecule has 1 heterocycles. The average molecular weight is 119 g/mol. The first-order chi connectivity index (χ1) is 2.89. The van der Waals surface area contributed by atoms with E-state index in [1.165, 1.54) is 5.04 Å². The fourth-order valence-corrected chi connectivity index (χ4v) is 1.91. The van der Waals surface area contributed by atoms with Crippen molar-refractivity contribution < 1.29 is 0 Å². The van der Waals surface area contributed by atoms with Crippen LogP contribution in [-0.2, 0) is 0 Å². The third kappa shape index (κ3) is 0.914. The molecular formula is C3H5NS2. The highest BCUT2D eigenvalue weighted by Crippen LogP contribution is 2.28. The average Bonchev–Trinajstić information content (AvgIpc) is 1.86. The molecule has 1 aliphatic heterocycles. The summed E-state index contributed by atoms with van der Waals surface area (Å²) in [6.45, 7) is 2.03. The second-order valence-electron chi connectivity index (χ2n) is 1.01. The van der Waals surface area contributed by atoms with Crippen LogP contribution >= 0.6 is 21.6 Å². The lowest BCUT2D eigenvalue weighted by Gasteiger charge is -1.75. The van der Waals surface area contributed by atoms with E-state index in [1.54, 1.807) is 21.6 Å². The van der Waals surface area contributed by atoms with Crippen LogP contribution in [0.15, 0.2) is 4.99 Å². The maximum Gasteiger partial charge on any atom is 0.0959 e. The second kappa shape index (κ2) is 1.89. The predicted octanol–water partition coefficient (Wildman–Crippen LogP) is 1.76. The van der Waals surface area contributed by atoms with Crippen molar-refractivity contribution in [3.8, 4) is 0 Å². The topological polar surface area (TPSA) is 12.4 Å². The van der Waals surface area contributed by atoms with Crippen molar-refractivity contribution in [3.05, 3.63) is 0 Å². The molecule has 0 saturated carbocycles. The number of hydrogen-bond donors (Lipinski definition) is 0. The molecule has 0 N–H and O–H groups in total. The lowest BCUT2D eigenvalue weighted by molar-refractivity contribution is 1.40. The van der Waals surface area contributed by atoms with Gasteiger partial charge in [-0.25, -0.2) is 0 Å². The van der Waals surface area contributed by atoms with E-state index in [9.17, 15) is 0 Å². The van der Waals surface area contributed by atoms with Crippen molar-refractivity contribution in [2.75, 3.05) is 5.88 Å². The van der Waals surface area contributed by atoms with Gasteiger partial charge in [0, 0.05) is 0 Å². The Balaban J connectivity index is 2.45. The van der Waals surface area contributed by atoms with Gasteiger partial charge in [0.2, 0.25) is 0 Å². The van der Waals surface area contributed by atoms with E-state index in [-0.39, 0.29) is 0 Å². The van der Waals surface area contributed by atoms with Crippen LogP contribution < -0.4 is 0 Å². The lowest BCUT2D eigenvalue weighted by Crippen LogP contribution is -1.68. The van der Waals surface area contributed by atoms with Gasteiger partial charge in [-0.1, -0.05) is 10.8 Å². The first-order valence-corrected chi connectivity index (χ1v) is 4.02. The van der Waals surface area contributed by atoms with Crippen LogP contribution in [0.2, 0.25) is 0 Å². The molecule has 0 fully saturated rings. The number of rotatable bonds is 0. The minimum absolute atomic E-state index is 0.955. The van der Waals surface area contributed by atoms with Crippen LogP contribution in [0.3, 0.4) is 0 Å². The van der Waals surface area contributed by atoms with E-state index in [2.05, 4.69) is 4.99 Å². The molecule has 1 rings (SSSR count). The quantitative estimate of drug-likeness (QED) is 0.450. The predicted molar refractivity (Wildman–Crippen MR) is 33.2 cm³/mol. The smallest absolute Gasteiger partial charge is 0.0959 e. The Labute approximate surface area is 45.0 Å². The van der Waals surface area contributed by atoms with Crippen LogP contribution in [0.25, 0.3) is 0 Å². The fraction of sp³-hybridized carbons (Fsp3) is 0.667. The van der Waals surface area contributed by atoms with Crippen molar-refractivity contribution in [2.24, 2.45) is 4.99 Å². The fourth-order valence-electron chi connectivity index (χ4n) is 0.255. The zero-order chi connectivity index (χ0) is 4.41. The molecule has 0 amide bonds. The second-order valence-corrected chi connectivity index (χ2v) is 3.47. The molecule has 0 aliphatic carbocycles. The summed E-state index contributed by atoms with van der Waals surface area (Å²) in [6, 6.07) is 0. The van der Waals surface area contributed by atoms with Gasteiger partial charge < -0.3 is 0 Å². The first-order valence-electron chi connectivity index (χ1n) is 1.70. The van der Waals surface area contributed by atoms with Crippen LogP contribution in [0.1, 0.15) is 6.92 Å². The maximum absolute atomic E-state index is 4.08. The molecule has 0 aromatic rings. The summed E-state index contributed by atoms with van der Waals surface area (Å²) in [5.41, 5.74) is 0. The van der Waals surface area contributed by atoms with Gasteiger partial charge in [-0.3, -0.25) is 4.99 Å². The van der Waals surface area contributed by atoms with E-state index in [4.69, 9.17) is 0 Å². The monoisotopic (exact) mass is 119 g/mol. The van der Waals surface area contributed by atoms with Gasteiger partial charge in [-0.2, -0.15) is 0 Å². The zero-order valence-corrected chi connectivity index (χ0v) is 5.10. The number of aliphatic imine (C=N–C) groups is 1. The Morgan fingerprint density at radius 2 is 2.67 bits per heavy atom. The molecule has 3 heteroatoms. The zero-order valence-electron chi connectivity index (χ0n) is 3.47. The molecule has 34 valence electrons. The molecule has 0 aromatic carbocycles.